The highest BCUT2D eigenvalue weighted by Crippen LogP contribution is 2.27. The number of benzene rings is 1. The molecule has 5 nitrogen and oxygen atoms in total. The van der Waals surface area contributed by atoms with E-state index >= 15 is 0 Å². The first-order valence-corrected chi connectivity index (χ1v) is 10.9. The van der Waals surface area contributed by atoms with E-state index in [9.17, 15) is 9.18 Å². The summed E-state index contributed by atoms with van der Waals surface area (Å²) in [4.78, 5) is 24.7. The van der Waals surface area contributed by atoms with Gasteiger partial charge in [-0.3, -0.25) is 9.78 Å². The summed E-state index contributed by atoms with van der Waals surface area (Å²) in [6.07, 6.45) is 6.61. The summed E-state index contributed by atoms with van der Waals surface area (Å²) in [6.45, 7) is 2.02. The number of carbonyl (C=O) groups is 1. The van der Waals surface area contributed by atoms with Crippen molar-refractivity contribution in [2.45, 2.75) is 25.7 Å². The number of anilines is 1. The second kappa shape index (κ2) is 8.86. The van der Waals surface area contributed by atoms with Gasteiger partial charge in [0.2, 0.25) is 5.91 Å². The highest BCUT2D eigenvalue weighted by molar-refractivity contribution is 7.16. The van der Waals surface area contributed by atoms with Crippen molar-refractivity contribution in [2.75, 3.05) is 31.6 Å². The molecule has 0 bridgehead atoms. The zero-order chi connectivity index (χ0) is 20.2. The molecule has 1 aromatic carbocycles. The molecule has 3 aromatic rings. The Morgan fingerprint density at radius 3 is 3.10 bits per heavy atom. The summed E-state index contributed by atoms with van der Waals surface area (Å²) in [6, 6.07) is 7.93. The van der Waals surface area contributed by atoms with E-state index in [-0.39, 0.29) is 17.6 Å². The molecule has 152 valence electrons. The van der Waals surface area contributed by atoms with Crippen LogP contribution in [0.15, 0.2) is 42.2 Å². The molecule has 0 spiro atoms. The summed E-state index contributed by atoms with van der Waals surface area (Å²) in [5.41, 5.74) is 4.79. The van der Waals surface area contributed by atoms with Crippen LogP contribution < -0.4 is 4.90 Å². The highest BCUT2D eigenvalue weighted by Gasteiger charge is 2.30. The van der Waals surface area contributed by atoms with E-state index in [4.69, 9.17) is 0 Å². The van der Waals surface area contributed by atoms with Crippen molar-refractivity contribution in [1.29, 1.82) is 0 Å². The SMILES string of the molecule is CN(CCN1CCC(CCCc2cccc3ncsc23)C1=O)c1ccncc1F. The Hall–Kier alpha value is -2.54. The summed E-state index contributed by atoms with van der Waals surface area (Å²) >= 11 is 1.68. The normalized spacial score (nSPS) is 16.7. The van der Waals surface area contributed by atoms with Crippen molar-refractivity contribution in [3.05, 3.63) is 53.6 Å². The molecule has 0 radical (unpaired) electrons. The number of rotatable bonds is 8. The topological polar surface area (TPSA) is 49.3 Å². The number of aromatic nitrogens is 2. The fourth-order valence-electron chi connectivity index (χ4n) is 4.04. The quantitative estimate of drug-likeness (QED) is 0.558. The van der Waals surface area contributed by atoms with Crippen molar-refractivity contribution < 1.29 is 9.18 Å². The lowest BCUT2D eigenvalue weighted by Gasteiger charge is -2.24. The number of amides is 1. The fourth-order valence-corrected chi connectivity index (χ4v) is 4.88. The Bertz CT molecular complexity index is 992. The van der Waals surface area contributed by atoms with Gasteiger partial charge < -0.3 is 9.80 Å². The van der Waals surface area contributed by atoms with E-state index in [1.807, 2.05) is 28.4 Å². The molecule has 29 heavy (non-hydrogen) atoms. The number of likely N-dealkylation sites (tertiary alicyclic amines) is 1. The van der Waals surface area contributed by atoms with Crippen LogP contribution in [0.2, 0.25) is 0 Å². The molecule has 1 aliphatic rings. The summed E-state index contributed by atoms with van der Waals surface area (Å²) in [5.74, 6) is 0.0137. The van der Waals surface area contributed by atoms with Crippen LogP contribution in [0.3, 0.4) is 0 Å². The van der Waals surface area contributed by atoms with Crippen molar-refractivity contribution in [3.8, 4) is 0 Å². The molecule has 1 fully saturated rings. The van der Waals surface area contributed by atoms with Crippen LogP contribution in [0.4, 0.5) is 10.1 Å². The van der Waals surface area contributed by atoms with E-state index < -0.39 is 0 Å². The van der Waals surface area contributed by atoms with Gasteiger partial charge >= 0.3 is 0 Å². The average Bonchev–Trinajstić information content (AvgIpc) is 3.34. The molecule has 1 saturated heterocycles. The Kier molecular flexibility index (Phi) is 6.04. The third-order valence-corrected chi connectivity index (χ3v) is 6.63. The molecule has 4 rings (SSSR count). The summed E-state index contributed by atoms with van der Waals surface area (Å²) < 4.78 is 15.1. The maximum atomic E-state index is 13.8. The largest absolute Gasteiger partial charge is 0.370 e. The first kappa shape index (κ1) is 19.8. The number of carbonyl (C=O) groups excluding carboxylic acids is 1. The van der Waals surface area contributed by atoms with E-state index in [1.54, 1.807) is 23.6 Å². The van der Waals surface area contributed by atoms with Gasteiger partial charge in [0, 0.05) is 38.8 Å². The van der Waals surface area contributed by atoms with Gasteiger partial charge in [0.15, 0.2) is 5.82 Å². The minimum atomic E-state index is -0.336. The van der Waals surface area contributed by atoms with Crippen LogP contribution in [-0.4, -0.2) is 47.5 Å². The molecule has 2 aromatic heterocycles. The molecular weight excluding hydrogens is 387 g/mol. The minimum Gasteiger partial charge on any atom is -0.370 e. The van der Waals surface area contributed by atoms with E-state index in [0.717, 1.165) is 37.7 Å². The summed E-state index contributed by atoms with van der Waals surface area (Å²) in [5, 5.41) is 0. The number of pyridine rings is 1. The van der Waals surface area contributed by atoms with Gasteiger partial charge in [-0.15, -0.1) is 11.3 Å². The van der Waals surface area contributed by atoms with Crippen LogP contribution in [0.1, 0.15) is 24.8 Å². The summed E-state index contributed by atoms with van der Waals surface area (Å²) in [7, 11) is 1.84. The molecule has 0 aliphatic carbocycles. The third-order valence-electron chi connectivity index (χ3n) is 5.71. The second-order valence-electron chi connectivity index (χ2n) is 7.57. The lowest BCUT2D eigenvalue weighted by atomic mass is 9.98. The predicted molar refractivity (Wildman–Crippen MR) is 115 cm³/mol. The number of hydrogen-bond acceptors (Lipinski definition) is 5. The smallest absolute Gasteiger partial charge is 0.225 e. The Morgan fingerprint density at radius 1 is 1.34 bits per heavy atom. The minimum absolute atomic E-state index is 0.110. The van der Waals surface area contributed by atoms with Gasteiger partial charge in [-0.05, 0) is 43.4 Å². The number of nitrogens with zero attached hydrogens (tertiary/aromatic N) is 4. The average molecular weight is 413 g/mol. The molecule has 0 N–H and O–H groups in total. The highest BCUT2D eigenvalue weighted by atomic mass is 32.1. The zero-order valence-corrected chi connectivity index (χ0v) is 17.4. The standard InChI is InChI=1S/C22H25FN4OS/c1-26(20-8-10-24-14-18(20)23)12-13-27-11-9-17(22(27)28)6-2-4-16-5-3-7-19-21(16)29-15-25-19/h3,5,7-8,10,14-15,17H,2,4,6,9,11-13H2,1H3. The Labute approximate surface area is 174 Å². The van der Waals surface area contributed by atoms with Crippen molar-refractivity contribution in [1.82, 2.24) is 14.9 Å². The molecule has 0 saturated carbocycles. The first-order chi connectivity index (χ1) is 14.1. The lowest BCUT2D eigenvalue weighted by molar-refractivity contribution is -0.131. The number of likely N-dealkylation sites (N-methyl/N-ethyl adjacent to an activating group) is 1. The van der Waals surface area contributed by atoms with Crippen molar-refractivity contribution in [3.63, 3.8) is 0 Å². The fraction of sp³-hybridized carbons (Fsp3) is 0.409. The predicted octanol–water partition coefficient (Wildman–Crippen LogP) is 4.14. The lowest BCUT2D eigenvalue weighted by Crippen LogP contribution is -2.35. The second-order valence-corrected chi connectivity index (χ2v) is 8.42. The van der Waals surface area contributed by atoms with Gasteiger partial charge in [0.1, 0.15) is 0 Å². The van der Waals surface area contributed by atoms with Gasteiger partial charge in [0.05, 0.1) is 27.6 Å². The molecule has 1 atom stereocenters. The molecule has 3 heterocycles. The van der Waals surface area contributed by atoms with Crippen LogP contribution >= 0.6 is 11.3 Å². The van der Waals surface area contributed by atoms with E-state index in [1.165, 1.54) is 16.5 Å². The Balaban J connectivity index is 1.26. The monoisotopic (exact) mass is 412 g/mol. The van der Waals surface area contributed by atoms with Crippen LogP contribution in [0.5, 0.6) is 0 Å². The maximum absolute atomic E-state index is 13.8. The Morgan fingerprint density at radius 2 is 2.24 bits per heavy atom. The van der Waals surface area contributed by atoms with Crippen LogP contribution in [-0.2, 0) is 11.2 Å². The van der Waals surface area contributed by atoms with Crippen molar-refractivity contribution >= 4 is 33.1 Å². The molecule has 1 amide bonds. The van der Waals surface area contributed by atoms with Gasteiger partial charge in [-0.2, -0.15) is 0 Å². The van der Waals surface area contributed by atoms with Crippen LogP contribution in [0, 0.1) is 11.7 Å². The van der Waals surface area contributed by atoms with Crippen LogP contribution in [0.25, 0.3) is 10.2 Å². The number of halogens is 1. The molecule has 1 aliphatic heterocycles. The van der Waals surface area contributed by atoms with Crippen molar-refractivity contribution in [2.24, 2.45) is 5.92 Å². The maximum Gasteiger partial charge on any atom is 0.225 e. The van der Waals surface area contributed by atoms with Gasteiger partial charge in [-0.25, -0.2) is 9.37 Å². The molecule has 1 unspecified atom stereocenters. The number of fused-ring (bicyclic) bond motifs is 1. The molecule has 7 heteroatoms. The number of aryl methyl sites for hydroxylation is 1. The first-order valence-electron chi connectivity index (χ1n) is 10.0. The van der Waals surface area contributed by atoms with Gasteiger partial charge in [-0.1, -0.05) is 12.1 Å². The third kappa shape index (κ3) is 4.40. The number of hydrogen-bond donors (Lipinski definition) is 0. The zero-order valence-electron chi connectivity index (χ0n) is 16.6. The van der Waals surface area contributed by atoms with E-state index in [0.29, 0.717) is 18.8 Å². The molecular formula is C22H25FN4OS. The van der Waals surface area contributed by atoms with E-state index in [2.05, 4.69) is 22.1 Å². The van der Waals surface area contributed by atoms with Gasteiger partial charge in [0.25, 0.3) is 0 Å². The number of thiazole rings is 1.